The van der Waals surface area contributed by atoms with Gasteiger partial charge in [0, 0.05) is 12.6 Å². The van der Waals surface area contributed by atoms with Gasteiger partial charge in [0.05, 0.1) is 6.61 Å². The van der Waals surface area contributed by atoms with E-state index in [4.69, 9.17) is 5.11 Å². The highest BCUT2D eigenvalue weighted by atomic mass is 16.3. The van der Waals surface area contributed by atoms with Gasteiger partial charge in [-0.3, -0.25) is 0 Å². The molecule has 0 aliphatic rings. The highest BCUT2D eigenvalue weighted by molar-refractivity contribution is 5.26. The van der Waals surface area contributed by atoms with Gasteiger partial charge in [-0.25, -0.2) is 0 Å². The fraction of sp³-hybridized carbons (Fsp3) is 0.455. The molecule has 3 nitrogen and oxygen atoms in total. The van der Waals surface area contributed by atoms with E-state index in [0.29, 0.717) is 6.54 Å². The summed E-state index contributed by atoms with van der Waals surface area (Å²) < 4.78 is 0. The molecule has 0 aromatic heterocycles. The normalized spacial score (nSPS) is 12.7. The molecule has 78 valence electrons. The second-order valence-electron chi connectivity index (χ2n) is 3.34. The van der Waals surface area contributed by atoms with Crippen molar-refractivity contribution in [2.75, 3.05) is 6.61 Å². The molecule has 0 unspecified atom stereocenters. The van der Waals surface area contributed by atoms with Crippen LogP contribution in [0.2, 0.25) is 0 Å². The van der Waals surface area contributed by atoms with Crippen LogP contribution >= 0.6 is 0 Å². The second kappa shape index (κ2) is 5.62. The van der Waals surface area contributed by atoms with E-state index in [1.807, 2.05) is 19.1 Å². The Morgan fingerprint density at radius 1 is 1.43 bits per heavy atom. The maximum atomic E-state index is 9.22. The van der Waals surface area contributed by atoms with Gasteiger partial charge in [0.1, 0.15) is 5.75 Å². The van der Waals surface area contributed by atoms with Crippen LogP contribution in [0.1, 0.15) is 18.9 Å². The Hall–Kier alpha value is -1.06. The Bertz CT molecular complexity index is 272. The predicted octanol–water partition coefficient (Wildman–Crippen LogP) is 1.25. The third kappa shape index (κ3) is 3.36. The topological polar surface area (TPSA) is 52.5 Å². The summed E-state index contributed by atoms with van der Waals surface area (Å²) in [5, 5.41) is 21.4. The first-order chi connectivity index (χ1) is 6.76. The van der Waals surface area contributed by atoms with Crippen molar-refractivity contribution in [3.05, 3.63) is 29.8 Å². The van der Waals surface area contributed by atoms with Gasteiger partial charge in [0.2, 0.25) is 0 Å². The Kier molecular flexibility index (Phi) is 4.43. The van der Waals surface area contributed by atoms with Crippen molar-refractivity contribution in [2.45, 2.75) is 25.9 Å². The molecule has 0 bridgehead atoms. The first-order valence-corrected chi connectivity index (χ1v) is 4.88. The summed E-state index contributed by atoms with van der Waals surface area (Å²) in [4.78, 5) is 0. The number of rotatable bonds is 5. The van der Waals surface area contributed by atoms with Gasteiger partial charge in [-0.15, -0.1) is 0 Å². The lowest BCUT2D eigenvalue weighted by molar-refractivity contribution is 0.238. The summed E-state index contributed by atoms with van der Waals surface area (Å²) in [7, 11) is 0. The van der Waals surface area contributed by atoms with E-state index < -0.39 is 0 Å². The average Bonchev–Trinajstić information content (AvgIpc) is 2.19. The lowest BCUT2D eigenvalue weighted by Gasteiger charge is -2.13. The van der Waals surface area contributed by atoms with Gasteiger partial charge < -0.3 is 15.5 Å². The van der Waals surface area contributed by atoms with E-state index >= 15 is 0 Å². The van der Waals surface area contributed by atoms with Gasteiger partial charge in [-0.1, -0.05) is 19.1 Å². The highest BCUT2D eigenvalue weighted by Gasteiger charge is 2.03. The molecule has 0 saturated heterocycles. The largest absolute Gasteiger partial charge is 0.508 e. The van der Waals surface area contributed by atoms with E-state index in [9.17, 15) is 5.11 Å². The van der Waals surface area contributed by atoms with Gasteiger partial charge in [-0.05, 0) is 24.1 Å². The minimum Gasteiger partial charge on any atom is -0.508 e. The molecule has 1 rings (SSSR count). The molecule has 0 fully saturated rings. The molecule has 0 aliphatic heterocycles. The predicted molar refractivity (Wildman–Crippen MR) is 56.1 cm³/mol. The molecule has 0 aliphatic carbocycles. The molecule has 3 heteroatoms. The number of hydrogen-bond donors (Lipinski definition) is 3. The Labute approximate surface area is 84.4 Å². The van der Waals surface area contributed by atoms with Crippen LogP contribution in [0.5, 0.6) is 5.75 Å². The molecule has 0 radical (unpaired) electrons. The quantitative estimate of drug-likeness (QED) is 0.663. The SMILES string of the molecule is CC[C@H](CO)NCc1cccc(O)c1. The van der Waals surface area contributed by atoms with E-state index in [1.165, 1.54) is 0 Å². The van der Waals surface area contributed by atoms with Crippen molar-refractivity contribution < 1.29 is 10.2 Å². The smallest absolute Gasteiger partial charge is 0.115 e. The summed E-state index contributed by atoms with van der Waals surface area (Å²) in [5.74, 6) is 0.279. The first kappa shape index (κ1) is 11.0. The van der Waals surface area contributed by atoms with Crippen molar-refractivity contribution in [3.8, 4) is 5.75 Å². The standard InChI is InChI=1S/C11H17NO2/c1-2-10(8-13)12-7-9-4-3-5-11(14)6-9/h3-6,10,12-14H,2,7-8H2,1H3/t10-/m1/s1. The van der Waals surface area contributed by atoms with Crippen molar-refractivity contribution in [1.82, 2.24) is 5.32 Å². The first-order valence-electron chi connectivity index (χ1n) is 4.88. The van der Waals surface area contributed by atoms with Crippen molar-refractivity contribution in [1.29, 1.82) is 0 Å². The Morgan fingerprint density at radius 3 is 2.79 bits per heavy atom. The maximum absolute atomic E-state index is 9.22. The van der Waals surface area contributed by atoms with E-state index in [0.717, 1.165) is 12.0 Å². The zero-order valence-electron chi connectivity index (χ0n) is 8.40. The fourth-order valence-corrected chi connectivity index (χ4v) is 1.27. The number of aliphatic hydroxyl groups is 1. The van der Waals surface area contributed by atoms with E-state index in [1.54, 1.807) is 12.1 Å². The number of phenolic OH excluding ortho intramolecular Hbond substituents is 1. The van der Waals surface area contributed by atoms with E-state index in [-0.39, 0.29) is 18.4 Å². The monoisotopic (exact) mass is 195 g/mol. The molecular formula is C11H17NO2. The van der Waals surface area contributed by atoms with Gasteiger partial charge in [0.15, 0.2) is 0 Å². The van der Waals surface area contributed by atoms with Gasteiger partial charge >= 0.3 is 0 Å². The van der Waals surface area contributed by atoms with Crippen LogP contribution in [0.25, 0.3) is 0 Å². The molecule has 0 spiro atoms. The molecule has 1 atom stereocenters. The number of aliphatic hydroxyl groups excluding tert-OH is 1. The second-order valence-corrected chi connectivity index (χ2v) is 3.34. The summed E-state index contributed by atoms with van der Waals surface area (Å²) in [6.45, 7) is 2.85. The summed E-state index contributed by atoms with van der Waals surface area (Å²) in [5.41, 5.74) is 1.02. The summed E-state index contributed by atoms with van der Waals surface area (Å²) in [6.07, 6.45) is 0.898. The summed E-state index contributed by atoms with van der Waals surface area (Å²) in [6, 6.07) is 7.25. The average molecular weight is 195 g/mol. The molecule has 0 heterocycles. The number of hydrogen-bond acceptors (Lipinski definition) is 3. The molecule has 0 saturated carbocycles. The number of benzene rings is 1. The number of phenols is 1. The molecule has 1 aromatic rings. The molecule has 0 amide bonds. The molecule has 14 heavy (non-hydrogen) atoms. The fourth-order valence-electron chi connectivity index (χ4n) is 1.27. The minimum absolute atomic E-state index is 0.136. The molecular weight excluding hydrogens is 178 g/mol. The third-order valence-electron chi connectivity index (χ3n) is 2.22. The lowest BCUT2D eigenvalue weighted by Crippen LogP contribution is -2.31. The molecule has 1 aromatic carbocycles. The number of nitrogens with one attached hydrogen (secondary N) is 1. The zero-order chi connectivity index (χ0) is 10.4. The van der Waals surface area contributed by atoms with Crippen LogP contribution in [0, 0.1) is 0 Å². The van der Waals surface area contributed by atoms with E-state index in [2.05, 4.69) is 5.32 Å². The van der Waals surface area contributed by atoms with Crippen LogP contribution < -0.4 is 5.32 Å². The summed E-state index contributed by atoms with van der Waals surface area (Å²) >= 11 is 0. The maximum Gasteiger partial charge on any atom is 0.115 e. The molecule has 3 N–H and O–H groups in total. The van der Waals surface area contributed by atoms with Gasteiger partial charge in [0.25, 0.3) is 0 Å². The van der Waals surface area contributed by atoms with Crippen LogP contribution in [-0.4, -0.2) is 22.9 Å². The third-order valence-corrected chi connectivity index (χ3v) is 2.22. The van der Waals surface area contributed by atoms with Crippen LogP contribution in [0.15, 0.2) is 24.3 Å². The van der Waals surface area contributed by atoms with Crippen LogP contribution in [0.3, 0.4) is 0 Å². The highest BCUT2D eigenvalue weighted by Crippen LogP contribution is 2.10. The van der Waals surface area contributed by atoms with Crippen LogP contribution in [0.4, 0.5) is 0 Å². The van der Waals surface area contributed by atoms with Crippen molar-refractivity contribution >= 4 is 0 Å². The zero-order valence-corrected chi connectivity index (χ0v) is 8.40. The van der Waals surface area contributed by atoms with Crippen LogP contribution in [-0.2, 0) is 6.54 Å². The van der Waals surface area contributed by atoms with Crippen molar-refractivity contribution in [3.63, 3.8) is 0 Å². The van der Waals surface area contributed by atoms with Gasteiger partial charge in [-0.2, -0.15) is 0 Å². The minimum atomic E-state index is 0.136. The Morgan fingerprint density at radius 2 is 2.21 bits per heavy atom. The lowest BCUT2D eigenvalue weighted by atomic mass is 10.2. The van der Waals surface area contributed by atoms with Crippen molar-refractivity contribution in [2.24, 2.45) is 0 Å². The Balaban J connectivity index is 2.44. The number of aromatic hydroxyl groups is 1.